The van der Waals surface area contributed by atoms with Gasteiger partial charge in [0.1, 0.15) is 0 Å². The van der Waals surface area contributed by atoms with Gasteiger partial charge in [0.05, 0.1) is 0 Å². The van der Waals surface area contributed by atoms with Gasteiger partial charge in [-0.2, -0.15) is 11.8 Å². The zero-order valence-electron chi connectivity index (χ0n) is 11.3. The number of nitrogens with two attached hydrogens (primary N) is 1. The Bertz CT molecular complexity index is 371. The van der Waals surface area contributed by atoms with E-state index in [1.807, 2.05) is 12.4 Å². The third-order valence-corrected chi connectivity index (χ3v) is 5.62. The number of aromatic nitrogens is 1. The van der Waals surface area contributed by atoms with Gasteiger partial charge in [0.15, 0.2) is 0 Å². The fraction of sp³-hybridized carbons (Fsp3) is 0.643. The SMILES string of the molecule is CC1SCCCC1(CN)N(C)Cc1ccncc1. The molecule has 1 aromatic rings. The third kappa shape index (κ3) is 2.71. The van der Waals surface area contributed by atoms with Crippen molar-refractivity contribution in [1.82, 2.24) is 9.88 Å². The molecule has 4 heteroatoms. The van der Waals surface area contributed by atoms with Gasteiger partial charge in [0, 0.05) is 36.3 Å². The number of hydrogen-bond donors (Lipinski definition) is 1. The van der Waals surface area contributed by atoms with Crippen LogP contribution >= 0.6 is 11.8 Å². The van der Waals surface area contributed by atoms with Crippen molar-refractivity contribution in [2.75, 3.05) is 19.3 Å². The van der Waals surface area contributed by atoms with Crippen LogP contribution in [-0.4, -0.2) is 40.0 Å². The van der Waals surface area contributed by atoms with E-state index in [0.29, 0.717) is 5.25 Å². The van der Waals surface area contributed by atoms with Gasteiger partial charge in [-0.3, -0.25) is 9.88 Å². The minimum absolute atomic E-state index is 0.145. The van der Waals surface area contributed by atoms with Crippen LogP contribution in [0.1, 0.15) is 25.3 Å². The molecule has 2 rings (SSSR count). The molecule has 2 N–H and O–H groups in total. The van der Waals surface area contributed by atoms with Crippen molar-refractivity contribution in [2.24, 2.45) is 5.73 Å². The summed E-state index contributed by atoms with van der Waals surface area (Å²) >= 11 is 2.05. The molecular weight excluding hydrogens is 242 g/mol. The lowest BCUT2D eigenvalue weighted by Gasteiger charge is -2.48. The van der Waals surface area contributed by atoms with Crippen molar-refractivity contribution >= 4 is 11.8 Å². The maximum Gasteiger partial charge on any atom is 0.0448 e. The summed E-state index contributed by atoms with van der Waals surface area (Å²) in [5, 5.41) is 0.600. The van der Waals surface area contributed by atoms with Crippen molar-refractivity contribution in [3.63, 3.8) is 0 Å². The van der Waals surface area contributed by atoms with E-state index in [0.717, 1.165) is 13.1 Å². The molecule has 1 aliphatic rings. The molecule has 2 atom stereocenters. The molecule has 1 fully saturated rings. The van der Waals surface area contributed by atoms with E-state index < -0.39 is 0 Å². The Morgan fingerprint density at radius 2 is 2.22 bits per heavy atom. The van der Waals surface area contributed by atoms with Crippen LogP contribution in [-0.2, 0) is 6.54 Å². The van der Waals surface area contributed by atoms with E-state index in [9.17, 15) is 0 Å². The third-order valence-electron chi connectivity index (χ3n) is 4.16. The lowest BCUT2D eigenvalue weighted by Crippen LogP contribution is -2.59. The largest absolute Gasteiger partial charge is 0.329 e. The van der Waals surface area contributed by atoms with Crippen LogP contribution in [0.15, 0.2) is 24.5 Å². The highest BCUT2D eigenvalue weighted by Crippen LogP contribution is 2.37. The number of thioether (sulfide) groups is 1. The molecule has 2 heterocycles. The van der Waals surface area contributed by atoms with E-state index in [-0.39, 0.29) is 5.54 Å². The second-order valence-electron chi connectivity index (χ2n) is 5.14. The molecule has 100 valence electrons. The summed E-state index contributed by atoms with van der Waals surface area (Å²) in [6.07, 6.45) is 6.20. The molecule has 3 nitrogen and oxygen atoms in total. The summed E-state index contributed by atoms with van der Waals surface area (Å²) in [6, 6.07) is 4.17. The Morgan fingerprint density at radius 1 is 1.50 bits per heavy atom. The van der Waals surface area contributed by atoms with Crippen molar-refractivity contribution < 1.29 is 0 Å². The summed E-state index contributed by atoms with van der Waals surface area (Å²) in [6.45, 7) is 4.01. The average Bonchev–Trinajstić information content (AvgIpc) is 2.40. The highest BCUT2D eigenvalue weighted by molar-refractivity contribution is 8.00. The maximum atomic E-state index is 6.12. The molecule has 0 amide bonds. The minimum atomic E-state index is 0.145. The molecule has 1 aliphatic heterocycles. The van der Waals surface area contributed by atoms with Gasteiger partial charge in [-0.1, -0.05) is 6.92 Å². The second kappa shape index (κ2) is 6.04. The minimum Gasteiger partial charge on any atom is -0.329 e. The summed E-state index contributed by atoms with van der Waals surface area (Å²) in [7, 11) is 2.20. The second-order valence-corrected chi connectivity index (χ2v) is 6.58. The van der Waals surface area contributed by atoms with Crippen molar-refractivity contribution in [2.45, 2.75) is 37.1 Å². The van der Waals surface area contributed by atoms with Crippen LogP contribution in [0, 0.1) is 0 Å². The van der Waals surface area contributed by atoms with Gasteiger partial charge >= 0.3 is 0 Å². The zero-order chi connectivity index (χ0) is 13.0. The Hall–Kier alpha value is -0.580. The average molecular weight is 265 g/mol. The summed E-state index contributed by atoms with van der Waals surface area (Å²) in [5.41, 5.74) is 7.57. The van der Waals surface area contributed by atoms with E-state index in [1.54, 1.807) is 0 Å². The van der Waals surface area contributed by atoms with Crippen LogP contribution in [0.2, 0.25) is 0 Å². The quantitative estimate of drug-likeness (QED) is 0.905. The topological polar surface area (TPSA) is 42.1 Å². The highest BCUT2D eigenvalue weighted by atomic mass is 32.2. The van der Waals surface area contributed by atoms with Crippen LogP contribution in [0.25, 0.3) is 0 Å². The van der Waals surface area contributed by atoms with Crippen LogP contribution in [0.4, 0.5) is 0 Å². The van der Waals surface area contributed by atoms with Gasteiger partial charge in [0.2, 0.25) is 0 Å². The Balaban J connectivity index is 2.12. The monoisotopic (exact) mass is 265 g/mol. The smallest absolute Gasteiger partial charge is 0.0448 e. The predicted octanol–water partition coefficient (Wildman–Crippen LogP) is 2.13. The molecule has 0 saturated carbocycles. The first-order valence-corrected chi connectivity index (χ1v) is 7.66. The molecular formula is C14H23N3S. The molecule has 0 aromatic carbocycles. The lowest BCUT2D eigenvalue weighted by molar-refractivity contribution is 0.104. The van der Waals surface area contributed by atoms with Crippen molar-refractivity contribution in [3.05, 3.63) is 30.1 Å². The van der Waals surface area contributed by atoms with Crippen LogP contribution in [0.3, 0.4) is 0 Å². The van der Waals surface area contributed by atoms with E-state index >= 15 is 0 Å². The summed E-state index contributed by atoms with van der Waals surface area (Å²) < 4.78 is 0. The first kappa shape index (κ1) is 13.8. The number of pyridine rings is 1. The standard InChI is InChI=1S/C14H23N3S/c1-12-14(11-15,6-3-9-18-12)17(2)10-13-4-7-16-8-5-13/h4-5,7-8,12H,3,6,9-11,15H2,1-2H3. The molecule has 0 bridgehead atoms. The predicted molar refractivity (Wildman–Crippen MR) is 78.6 cm³/mol. The van der Waals surface area contributed by atoms with Gasteiger partial charge in [-0.05, 0) is 43.3 Å². The van der Waals surface area contributed by atoms with Crippen molar-refractivity contribution in [1.29, 1.82) is 0 Å². The van der Waals surface area contributed by atoms with Crippen molar-refractivity contribution in [3.8, 4) is 0 Å². The maximum absolute atomic E-state index is 6.12. The molecule has 1 saturated heterocycles. The lowest BCUT2D eigenvalue weighted by atomic mass is 9.87. The number of rotatable bonds is 4. The summed E-state index contributed by atoms with van der Waals surface area (Å²) in [4.78, 5) is 6.51. The fourth-order valence-corrected chi connectivity index (χ4v) is 4.21. The van der Waals surface area contributed by atoms with Gasteiger partial charge in [0.25, 0.3) is 0 Å². The number of hydrogen-bond acceptors (Lipinski definition) is 4. The first-order chi connectivity index (χ1) is 8.69. The molecule has 18 heavy (non-hydrogen) atoms. The first-order valence-electron chi connectivity index (χ1n) is 6.61. The normalized spacial score (nSPS) is 28.6. The summed E-state index contributed by atoms with van der Waals surface area (Å²) in [5.74, 6) is 1.27. The van der Waals surface area contributed by atoms with Gasteiger partial charge in [-0.15, -0.1) is 0 Å². The molecule has 0 spiro atoms. The van der Waals surface area contributed by atoms with Gasteiger partial charge < -0.3 is 5.73 Å². The Morgan fingerprint density at radius 3 is 2.83 bits per heavy atom. The Labute approximate surface area is 114 Å². The highest BCUT2D eigenvalue weighted by Gasteiger charge is 2.40. The zero-order valence-corrected chi connectivity index (χ0v) is 12.1. The van der Waals surface area contributed by atoms with Gasteiger partial charge in [-0.25, -0.2) is 0 Å². The molecule has 1 aromatic heterocycles. The number of nitrogens with zero attached hydrogens (tertiary/aromatic N) is 2. The van der Waals surface area contributed by atoms with E-state index in [4.69, 9.17) is 5.73 Å². The molecule has 0 aliphatic carbocycles. The van der Waals surface area contributed by atoms with Crippen LogP contribution < -0.4 is 5.73 Å². The van der Waals surface area contributed by atoms with E-state index in [1.165, 1.54) is 24.2 Å². The fourth-order valence-electron chi connectivity index (χ4n) is 2.84. The molecule has 0 radical (unpaired) electrons. The molecule has 2 unspecified atom stereocenters. The van der Waals surface area contributed by atoms with E-state index in [2.05, 4.69) is 47.7 Å². The Kier molecular flexibility index (Phi) is 4.65. The van der Waals surface area contributed by atoms with Crippen LogP contribution in [0.5, 0.6) is 0 Å². The number of likely N-dealkylation sites (N-methyl/N-ethyl adjacent to an activating group) is 1.